The van der Waals surface area contributed by atoms with Gasteiger partial charge in [-0.15, -0.1) is 0 Å². The number of hydrogen-bond donors (Lipinski definition) is 1. The van der Waals surface area contributed by atoms with Gasteiger partial charge in [0.05, 0.1) is 34.3 Å². The average Bonchev–Trinajstić information content (AvgIpc) is 3.51. The van der Waals surface area contributed by atoms with E-state index in [1.165, 1.54) is 19.4 Å². The lowest BCUT2D eigenvalue weighted by molar-refractivity contribution is -0.140. The lowest BCUT2D eigenvalue weighted by Crippen LogP contribution is -2.28. The monoisotopic (exact) mass is 572 g/mol. The molecule has 4 atom stereocenters. The van der Waals surface area contributed by atoms with Crippen molar-refractivity contribution < 1.29 is 29.0 Å². The lowest BCUT2D eigenvalue weighted by Gasteiger charge is -2.14. The highest BCUT2D eigenvalue weighted by atomic mass is 127. The zero-order valence-corrected chi connectivity index (χ0v) is 20.3. The summed E-state index contributed by atoms with van der Waals surface area (Å²) in [6.45, 7) is 0.164. The van der Waals surface area contributed by atoms with Crippen LogP contribution < -0.4 is 9.47 Å². The number of hydrogen-bond acceptors (Lipinski definition) is 6. The number of carbonyl (C=O) groups is 3. The second-order valence-corrected chi connectivity index (χ2v) is 9.72. The molecule has 1 heterocycles. The van der Waals surface area contributed by atoms with Gasteiger partial charge in [-0.05, 0) is 76.2 Å². The first kappa shape index (κ1) is 22.6. The molecule has 1 aliphatic heterocycles. The van der Waals surface area contributed by atoms with Crippen LogP contribution in [-0.2, 0) is 16.2 Å². The van der Waals surface area contributed by atoms with Crippen LogP contribution in [0.1, 0.15) is 27.9 Å². The van der Waals surface area contributed by atoms with Crippen LogP contribution in [0.15, 0.2) is 53.7 Å². The van der Waals surface area contributed by atoms with Gasteiger partial charge in [0.25, 0.3) is 11.8 Å². The number of fused-ring (bicyclic) bond motifs is 5. The van der Waals surface area contributed by atoms with Crippen LogP contribution in [0.5, 0.6) is 11.5 Å². The molecule has 2 aromatic rings. The number of nitrogens with zero attached hydrogens (tertiary/aromatic N) is 2. The van der Waals surface area contributed by atoms with Crippen molar-refractivity contribution in [2.24, 2.45) is 28.8 Å². The number of halogens is 1. The molecule has 2 amide bonds. The molecule has 0 aromatic heterocycles. The Bertz CT molecular complexity index is 1230. The van der Waals surface area contributed by atoms with E-state index in [2.05, 4.69) is 27.7 Å². The van der Waals surface area contributed by atoms with Crippen molar-refractivity contribution in [2.45, 2.75) is 13.0 Å². The maximum atomic E-state index is 12.8. The first-order valence-electron chi connectivity index (χ1n) is 10.8. The van der Waals surface area contributed by atoms with Crippen LogP contribution in [0.4, 0.5) is 0 Å². The third kappa shape index (κ3) is 3.87. The number of ether oxygens (including phenoxy) is 2. The summed E-state index contributed by atoms with van der Waals surface area (Å²) in [5.41, 5.74) is 1.55. The van der Waals surface area contributed by atoms with E-state index in [0.29, 0.717) is 22.6 Å². The van der Waals surface area contributed by atoms with Crippen LogP contribution >= 0.6 is 22.6 Å². The van der Waals surface area contributed by atoms with E-state index in [4.69, 9.17) is 14.6 Å². The molecule has 5 rings (SSSR count). The summed E-state index contributed by atoms with van der Waals surface area (Å²) in [4.78, 5) is 36.8. The van der Waals surface area contributed by atoms with E-state index < -0.39 is 5.97 Å². The fourth-order valence-corrected chi connectivity index (χ4v) is 5.81. The fourth-order valence-electron chi connectivity index (χ4n) is 5.03. The van der Waals surface area contributed by atoms with E-state index in [9.17, 15) is 14.4 Å². The SMILES string of the molecule is COc1cc(C=NN2C(=O)[C@@H]3[C@H](C2=O)[C@H]2C=C[C@H]3C2)cc(I)c1OCc1cccc(C(=O)O)c1. The Morgan fingerprint density at radius 2 is 1.88 bits per heavy atom. The maximum absolute atomic E-state index is 12.8. The Labute approximate surface area is 209 Å². The van der Waals surface area contributed by atoms with Crippen molar-refractivity contribution in [1.82, 2.24) is 5.01 Å². The molecule has 9 heteroatoms. The van der Waals surface area contributed by atoms with E-state index in [0.717, 1.165) is 15.0 Å². The first-order valence-corrected chi connectivity index (χ1v) is 11.9. The summed E-state index contributed by atoms with van der Waals surface area (Å²) in [6.07, 6.45) is 6.46. The topological polar surface area (TPSA) is 106 Å². The van der Waals surface area contributed by atoms with E-state index in [-0.39, 0.29) is 47.7 Å². The molecule has 3 aliphatic rings. The molecule has 1 saturated heterocycles. The number of rotatable bonds is 7. The number of allylic oxidation sites excluding steroid dienone is 2. The number of hydrazone groups is 1. The highest BCUT2D eigenvalue weighted by Gasteiger charge is 2.59. The van der Waals surface area contributed by atoms with E-state index >= 15 is 0 Å². The Morgan fingerprint density at radius 1 is 1.18 bits per heavy atom. The molecule has 2 bridgehead atoms. The number of carboxylic acid groups (broad SMARTS) is 1. The summed E-state index contributed by atoms with van der Waals surface area (Å²) in [5, 5.41) is 14.4. The van der Waals surface area contributed by atoms with Gasteiger partial charge in [-0.25, -0.2) is 4.79 Å². The zero-order valence-electron chi connectivity index (χ0n) is 18.2. The van der Waals surface area contributed by atoms with Gasteiger partial charge in [-0.2, -0.15) is 10.1 Å². The molecular formula is C25H21IN2O6. The predicted molar refractivity (Wildman–Crippen MR) is 131 cm³/mol. The summed E-state index contributed by atoms with van der Waals surface area (Å²) in [5.74, 6) is -0.788. The molecular weight excluding hydrogens is 551 g/mol. The molecule has 8 nitrogen and oxygen atoms in total. The first-order chi connectivity index (χ1) is 16.4. The Morgan fingerprint density at radius 3 is 2.53 bits per heavy atom. The van der Waals surface area contributed by atoms with E-state index in [1.807, 2.05) is 18.2 Å². The van der Waals surface area contributed by atoms with Crippen molar-refractivity contribution in [3.05, 3.63) is 68.8 Å². The van der Waals surface area contributed by atoms with Crippen molar-refractivity contribution in [2.75, 3.05) is 7.11 Å². The second kappa shape index (κ2) is 8.86. The molecule has 2 aliphatic carbocycles. The van der Waals surface area contributed by atoms with Gasteiger partial charge < -0.3 is 14.6 Å². The summed E-state index contributed by atoms with van der Waals surface area (Å²) in [7, 11) is 1.52. The number of imide groups is 1. The van der Waals surface area contributed by atoms with Gasteiger partial charge in [0.15, 0.2) is 11.5 Å². The molecule has 174 valence electrons. The summed E-state index contributed by atoms with van der Waals surface area (Å²) in [6, 6.07) is 10.1. The molecule has 1 N–H and O–H groups in total. The molecule has 0 radical (unpaired) electrons. The molecule has 0 unspecified atom stereocenters. The van der Waals surface area contributed by atoms with Gasteiger partial charge in [0.1, 0.15) is 6.61 Å². The molecule has 0 spiro atoms. The number of amides is 2. The maximum Gasteiger partial charge on any atom is 0.335 e. The van der Waals surface area contributed by atoms with Crippen LogP contribution in [-0.4, -0.2) is 41.2 Å². The molecule has 2 aromatic carbocycles. The molecule has 1 saturated carbocycles. The smallest absolute Gasteiger partial charge is 0.335 e. The van der Waals surface area contributed by atoms with Crippen molar-refractivity contribution in [3.63, 3.8) is 0 Å². The second-order valence-electron chi connectivity index (χ2n) is 8.56. The average molecular weight is 572 g/mol. The van der Waals surface area contributed by atoms with Gasteiger partial charge in [0.2, 0.25) is 0 Å². The summed E-state index contributed by atoms with van der Waals surface area (Å²) >= 11 is 2.11. The van der Waals surface area contributed by atoms with Gasteiger partial charge in [-0.1, -0.05) is 24.3 Å². The van der Waals surface area contributed by atoms with Crippen LogP contribution in [0, 0.1) is 27.2 Å². The minimum atomic E-state index is -1.000. The number of carbonyl (C=O) groups excluding carboxylic acids is 2. The van der Waals surface area contributed by atoms with Crippen LogP contribution in [0.3, 0.4) is 0 Å². The van der Waals surface area contributed by atoms with Crippen molar-refractivity contribution in [3.8, 4) is 11.5 Å². The quantitative estimate of drug-likeness (QED) is 0.235. The summed E-state index contributed by atoms with van der Waals surface area (Å²) < 4.78 is 12.2. The normalized spacial score (nSPS) is 24.8. The highest BCUT2D eigenvalue weighted by molar-refractivity contribution is 14.1. The third-order valence-electron chi connectivity index (χ3n) is 6.58. The number of benzene rings is 2. The minimum absolute atomic E-state index is 0.139. The van der Waals surface area contributed by atoms with Gasteiger partial charge in [-0.3, -0.25) is 9.59 Å². The Balaban J connectivity index is 1.32. The van der Waals surface area contributed by atoms with Crippen LogP contribution in [0.25, 0.3) is 0 Å². The minimum Gasteiger partial charge on any atom is -0.493 e. The number of methoxy groups -OCH3 is 1. The Hall–Kier alpha value is -3.21. The van der Waals surface area contributed by atoms with Gasteiger partial charge in [0, 0.05) is 0 Å². The number of carboxylic acids is 1. The highest BCUT2D eigenvalue weighted by Crippen LogP contribution is 2.52. The zero-order chi connectivity index (χ0) is 24.0. The predicted octanol–water partition coefficient (Wildman–Crippen LogP) is 3.72. The van der Waals surface area contributed by atoms with Crippen molar-refractivity contribution in [1.29, 1.82) is 0 Å². The fraction of sp³-hybridized carbons (Fsp3) is 0.280. The Kier molecular flexibility index (Phi) is 5.88. The van der Waals surface area contributed by atoms with E-state index in [1.54, 1.807) is 24.3 Å². The molecule has 34 heavy (non-hydrogen) atoms. The lowest BCUT2D eigenvalue weighted by atomic mass is 9.85. The number of aromatic carboxylic acids is 1. The molecule has 2 fully saturated rings. The third-order valence-corrected chi connectivity index (χ3v) is 7.38. The van der Waals surface area contributed by atoms with Crippen LogP contribution in [0.2, 0.25) is 0 Å². The largest absolute Gasteiger partial charge is 0.493 e. The van der Waals surface area contributed by atoms with Crippen molar-refractivity contribution >= 4 is 46.6 Å². The standard InChI is InChI=1S/C25H21IN2O6/c1-33-19-9-14(8-18(26)22(19)34-12-13-3-2-4-17(7-13)25(31)32)11-27-28-23(29)20-15-5-6-16(10-15)21(20)24(28)30/h2-9,11,15-16,20-21H,10,12H2,1H3,(H,31,32)/t15-,16-,20-,21+/m0/s1. The van der Waals surface area contributed by atoms with Gasteiger partial charge >= 0.3 is 5.97 Å².